The first-order valence-corrected chi connectivity index (χ1v) is 8.36. The number of benzene rings is 1. The fourth-order valence-electron chi connectivity index (χ4n) is 3.12. The molecule has 0 radical (unpaired) electrons. The van der Waals surface area contributed by atoms with Crippen LogP contribution in [-0.4, -0.2) is 44.2 Å². The minimum Gasteiger partial charge on any atom is -0.497 e. The zero-order valence-electron chi connectivity index (χ0n) is 13.8. The summed E-state index contributed by atoms with van der Waals surface area (Å²) in [6.07, 6.45) is 3.76. The Kier molecular flexibility index (Phi) is 6.52. The molecule has 1 aromatic rings. The van der Waals surface area contributed by atoms with Crippen LogP contribution in [0.3, 0.4) is 0 Å². The van der Waals surface area contributed by atoms with Gasteiger partial charge in [-0.3, -0.25) is 0 Å². The van der Waals surface area contributed by atoms with E-state index in [4.69, 9.17) is 4.74 Å². The molecule has 1 aliphatic carbocycles. The van der Waals surface area contributed by atoms with Crippen molar-refractivity contribution in [2.24, 2.45) is 0 Å². The second-order valence-electron chi connectivity index (χ2n) is 6.03. The number of ether oxygens (including phenoxy) is 1. The molecule has 0 spiro atoms. The van der Waals surface area contributed by atoms with Crippen molar-refractivity contribution >= 4 is 0 Å². The van der Waals surface area contributed by atoms with Crippen LogP contribution in [0.5, 0.6) is 5.75 Å². The van der Waals surface area contributed by atoms with Crippen LogP contribution >= 0.6 is 0 Å². The number of rotatable bonds is 9. The van der Waals surface area contributed by atoms with Gasteiger partial charge >= 0.3 is 0 Å². The first-order chi connectivity index (χ1) is 10.3. The Morgan fingerprint density at radius 3 is 2.71 bits per heavy atom. The maximum Gasteiger partial charge on any atom is 0.119 e. The van der Waals surface area contributed by atoms with Crippen LogP contribution in [0.4, 0.5) is 0 Å². The summed E-state index contributed by atoms with van der Waals surface area (Å²) in [5.74, 6) is 1.68. The highest BCUT2D eigenvalue weighted by Gasteiger charge is 2.29. The highest BCUT2D eigenvalue weighted by Crippen LogP contribution is 2.37. The molecule has 0 atom stereocenters. The Morgan fingerprint density at radius 2 is 2.05 bits per heavy atom. The summed E-state index contributed by atoms with van der Waals surface area (Å²) in [6.45, 7) is 9.16. The summed E-state index contributed by atoms with van der Waals surface area (Å²) in [5.41, 5.74) is 1.42. The van der Waals surface area contributed by atoms with Gasteiger partial charge in [0.15, 0.2) is 0 Å². The molecule has 0 bridgehead atoms. The lowest BCUT2D eigenvalue weighted by Gasteiger charge is -2.37. The maximum absolute atomic E-state index is 5.31. The van der Waals surface area contributed by atoms with Gasteiger partial charge in [0.25, 0.3) is 0 Å². The van der Waals surface area contributed by atoms with Crippen LogP contribution in [0.2, 0.25) is 0 Å². The molecule has 1 N–H and O–H groups in total. The average molecular weight is 290 g/mol. The van der Waals surface area contributed by atoms with Crippen molar-refractivity contribution in [1.29, 1.82) is 0 Å². The SMILES string of the molecule is CCCN(CC)CCNC1CC(c2cccc(OC)c2)C1. The molecule has 0 aliphatic heterocycles. The third-order valence-corrected chi connectivity index (χ3v) is 4.55. The predicted octanol–water partition coefficient (Wildman–Crippen LogP) is 3.26. The Labute approximate surface area is 129 Å². The van der Waals surface area contributed by atoms with Gasteiger partial charge in [0.05, 0.1) is 7.11 Å². The minimum absolute atomic E-state index is 0.696. The molecule has 0 saturated heterocycles. The summed E-state index contributed by atoms with van der Waals surface area (Å²) < 4.78 is 5.31. The van der Waals surface area contributed by atoms with E-state index in [9.17, 15) is 0 Å². The largest absolute Gasteiger partial charge is 0.497 e. The van der Waals surface area contributed by atoms with Crippen LogP contribution in [0.25, 0.3) is 0 Å². The van der Waals surface area contributed by atoms with E-state index in [1.165, 1.54) is 37.9 Å². The van der Waals surface area contributed by atoms with Gasteiger partial charge in [-0.05, 0) is 56.0 Å². The summed E-state index contributed by atoms with van der Waals surface area (Å²) in [4.78, 5) is 2.52. The van der Waals surface area contributed by atoms with Crippen LogP contribution in [-0.2, 0) is 0 Å². The molecule has 0 unspecified atom stereocenters. The second kappa shape index (κ2) is 8.40. The number of hydrogen-bond donors (Lipinski definition) is 1. The Bertz CT molecular complexity index is 415. The van der Waals surface area contributed by atoms with Gasteiger partial charge in [-0.25, -0.2) is 0 Å². The maximum atomic E-state index is 5.31. The first-order valence-electron chi connectivity index (χ1n) is 8.36. The van der Waals surface area contributed by atoms with Gasteiger partial charge in [0.1, 0.15) is 5.75 Å². The summed E-state index contributed by atoms with van der Waals surface area (Å²) in [7, 11) is 1.74. The third kappa shape index (κ3) is 4.72. The van der Waals surface area contributed by atoms with Crippen molar-refractivity contribution in [3.63, 3.8) is 0 Å². The van der Waals surface area contributed by atoms with E-state index in [0.29, 0.717) is 12.0 Å². The Balaban J connectivity index is 1.67. The van der Waals surface area contributed by atoms with Crippen molar-refractivity contribution in [3.05, 3.63) is 29.8 Å². The highest BCUT2D eigenvalue weighted by atomic mass is 16.5. The van der Waals surface area contributed by atoms with Gasteiger partial charge in [0.2, 0.25) is 0 Å². The lowest BCUT2D eigenvalue weighted by Crippen LogP contribution is -2.43. The number of hydrogen-bond acceptors (Lipinski definition) is 3. The molecule has 1 fully saturated rings. The molecular weight excluding hydrogens is 260 g/mol. The number of likely N-dealkylation sites (N-methyl/N-ethyl adjacent to an activating group) is 1. The van der Waals surface area contributed by atoms with Crippen LogP contribution in [0.1, 0.15) is 44.6 Å². The molecular formula is C18H30N2O. The standard InChI is InChI=1S/C18H30N2O/c1-4-10-20(5-2)11-9-19-17-12-16(13-17)15-7-6-8-18(14-15)21-3/h6-8,14,16-17,19H,4-5,9-13H2,1-3H3. The zero-order valence-corrected chi connectivity index (χ0v) is 13.8. The number of methoxy groups -OCH3 is 1. The molecule has 1 aromatic carbocycles. The van der Waals surface area contributed by atoms with E-state index in [0.717, 1.165) is 18.8 Å². The first kappa shape index (κ1) is 16.3. The number of nitrogens with one attached hydrogen (secondary N) is 1. The van der Waals surface area contributed by atoms with Crippen molar-refractivity contribution in [3.8, 4) is 5.75 Å². The predicted molar refractivity (Wildman–Crippen MR) is 89.2 cm³/mol. The van der Waals surface area contributed by atoms with Crippen molar-refractivity contribution < 1.29 is 4.74 Å². The zero-order chi connectivity index (χ0) is 15.1. The minimum atomic E-state index is 0.696. The van der Waals surface area contributed by atoms with Gasteiger partial charge < -0.3 is 15.0 Å². The van der Waals surface area contributed by atoms with E-state index < -0.39 is 0 Å². The molecule has 3 nitrogen and oxygen atoms in total. The average Bonchev–Trinajstić information content (AvgIpc) is 2.48. The molecule has 118 valence electrons. The smallest absolute Gasteiger partial charge is 0.119 e. The summed E-state index contributed by atoms with van der Waals surface area (Å²) in [6, 6.07) is 9.22. The number of nitrogens with zero attached hydrogens (tertiary/aromatic N) is 1. The van der Waals surface area contributed by atoms with E-state index >= 15 is 0 Å². The Morgan fingerprint density at radius 1 is 1.24 bits per heavy atom. The monoisotopic (exact) mass is 290 g/mol. The summed E-state index contributed by atoms with van der Waals surface area (Å²) in [5, 5.41) is 3.70. The molecule has 1 saturated carbocycles. The van der Waals surface area contributed by atoms with Crippen LogP contribution < -0.4 is 10.1 Å². The van der Waals surface area contributed by atoms with E-state index in [-0.39, 0.29) is 0 Å². The fraction of sp³-hybridized carbons (Fsp3) is 0.667. The van der Waals surface area contributed by atoms with Gasteiger partial charge in [-0.1, -0.05) is 26.0 Å². The van der Waals surface area contributed by atoms with Crippen molar-refractivity contribution in [2.45, 2.75) is 45.1 Å². The molecule has 0 aromatic heterocycles. The third-order valence-electron chi connectivity index (χ3n) is 4.55. The highest BCUT2D eigenvalue weighted by molar-refractivity contribution is 5.32. The van der Waals surface area contributed by atoms with E-state index in [1.807, 2.05) is 6.07 Å². The molecule has 21 heavy (non-hydrogen) atoms. The van der Waals surface area contributed by atoms with E-state index in [1.54, 1.807) is 7.11 Å². The normalized spacial score (nSPS) is 21.3. The molecule has 3 heteroatoms. The lowest BCUT2D eigenvalue weighted by atomic mass is 9.76. The van der Waals surface area contributed by atoms with Crippen molar-refractivity contribution in [2.75, 3.05) is 33.3 Å². The van der Waals surface area contributed by atoms with Crippen molar-refractivity contribution in [1.82, 2.24) is 10.2 Å². The van der Waals surface area contributed by atoms with E-state index in [2.05, 4.69) is 42.3 Å². The molecule has 0 heterocycles. The lowest BCUT2D eigenvalue weighted by molar-refractivity contribution is 0.249. The molecule has 0 amide bonds. The van der Waals surface area contributed by atoms with Crippen LogP contribution in [0, 0.1) is 0 Å². The van der Waals surface area contributed by atoms with Crippen LogP contribution in [0.15, 0.2) is 24.3 Å². The van der Waals surface area contributed by atoms with Gasteiger partial charge in [-0.15, -0.1) is 0 Å². The fourth-order valence-corrected chi connectivity index (χ4v) is 3.12. The van der Waals surface area contributed by atoms with Gasteiger partial charge in [-0.2, -0.15) is 0 Å². The Hall–Kier alpha value is -1.06. The quantitative estimate of drug-likeness (QED) is 0.755. The van der Waals surface area contributed by atoms with Gasteiger partial charge in [0, 0.05) is 19.1 Å². The summed E-state index contributed by atoms with van der Waals surface area (Å²) >= 11 is 0. The topological polar surface area (TPSA) is 24.5 Å². The molecule has 2 rings (SSSR count). The molecule has 1 aliphatic rings. The second-order valence-corrected chi connectivity index (χ2v) is 6.03.